The van der Waals surface area contributed by atoms with Crippen LogP contribution in [0, 0.1) is 11.8 Å². The summed E-state index contributed by atoms with van der Waals surface area (Å²) in [5, 5.41) is 1.12. The fraction of sp³-hybridized carbons (Fsp3) is 0.682. The Kier molecular flexibility index (Phi) is 5.35. The van der Waals surface area contributed by atoms with Crippen LogP contribution in [0.5, 0.6) is 0 Å². The van der Waals surface area contributed by atoms with Gasteiger partial charge in [-0.1, -0.05) is 29.3 Å². The SMILES string of the molecule is CC(C)(C)OC(=O)N1C[C@H]2C[C@@H](OCC3CC3)C[C@@]2(c2ccc(Cl)c(Cl)c2)C1. The second kappa shape index (κ2) is 7.37. The van der Waals surface area contributed by atoms with Crippen LogP contribution in [-0.2, 0) is 14.9 Å². The lowest BCUT2D eigenvalue weighted by molar-refractivity contribution is 0.0209. The fourth-order valence-corrected chi connectivity index (χ4v) is 5.01. The molecule has 4 nitrogen and oxygen atoms in total. The third-order valence-electron chi connectivity index (χ3n) is 6.25. The summed E-state index contributed by atoms with van der Waals surface area (Å²) in [4.78, 5) is 14.6. The number of hydrogen-bond acceptors (Lipinski definition) is 3. The van der Waals surface area contributed by atoms with Gasteiger partial charge < -0.3 is 14.4 Å². The second-order valence-electron chi connectivity index (χ2n) is 9.68. The third kappa shape index (κ3) is 4.15. The molecule has 3 atom stereocenters. The van der Waals surface area contributed by atoms with Gasteiger partial charge in [-0.3, -0.25) is 0 Å². The average Bonchev–Trinajstić information content (AvgIpc) is 3.25. The first-order valence-corrected chi connectivity index (χ1v) is 11.0. The van der Waals surface area contributed by atoms with Gasteiger partial charge in [-0.25, -0.2) is 4.79 Å². The van der Waals surface area contributed by atoms with Crippen molar-refractivity contribution in [1.29, 1.82) is 0 Å². The van der Waals surface area contributed by atoms with Crippen molar-refractivity contribution in [3.05, 3.63) is 33.8 Å². The normalized spacial score (nSPS) is 29.8. The van der Waals surface area contributed by atoms with Crippen molar-refractivity contribution >= 4 is 29.3 Å². The molecule has 154 valence electrons. The lowest BCUT2D eigenvalue weighted by atomic mass is 9.74. The first-order valence-electron chi connectivity index (χ1n) is 10.2. The molecule has 4 rings (SSSR count). The zero-order chi connectivity index (χ0) is 20.1. The van der Waals surface area contributed by atoms with Crippen molar-refractivity contribution in [2.45, 2.75) is 63.6 Å². The van der Waals surface area contributed by atoms with Crippen molar-refractivity contribution in [3.8, 4) is 0 Å². The molecule has 28 heavy (non-hydrogen) atoms. The van der Waals surface area contributed by atoms with Crippen LogP contribution in [0.3, 0.4) is 0 Å². The van der Waals surface area contributed by atoms with E-state index in [4.69, 9.17) is 32.7 Å². The summed E-state index contributed by atoms with van der Waals surface area (Å²) in [5.74, 6) is 1.08. The maximum absolute atomic E-state index is 12.7. The van der Waals surface area contributed by atoms with E-state index in [0.717, 1.165) is 30.9 Å². The molecule has 0 spiro atoms. The number of rotatable bonds is 4. The molecular formula is C22H29Cl2NO3. The van der Waals surface area contributed by atoms with E-state index in [1.165, 1.54) is 12.8 Å². The molecule has 0 radical (unpaired) electrons. The van der Waals surface area contributed by atoms with Gasteiger partial charge in [0.1, 0.15) is 5.60 Å². The molecule has 1 aromatic carbocycles. The van der Waals surface area contributed by atoms with Crippen molar-refractivity contribution in [2.75, 3.05) is 19.7 Å². The minimum absolute atomic E-state index is 0.153. The van der Waals surface area contributed by atoms with E-state index < -0.39 is 5.60 Å². The Morgan fingerprint density at radius 3 is 2.64 bits per heavy atom. The van der Waals surface area contributed by atoms with Crippen LogP contribution in [0.2, 0.25) is 10.0 Å². The maximum atomic E-state index is 12.7. The van der Waals surface area contributed by atoms with E-state index in [2.05, 4.69) is 6.07 Å². The number of halogens is 2. The largest absolute Gasteiger partial charge is 0.444 e. The van der Waals surface area contributed by atoms with E-state index >= 15 is 0 Å². The highest BCUT2D eigenvalue weighted by atomic mass is 35.5. The third-order valence-corrected chi connectivity index (χ3v) is 6.98. The summed E-state index contributed by atoms with van der Waals surface area (Å²) in [7, 11) is 0. The number of likely N-dealkylation sites (tertiary alicyclic amines) is 1. The van der Waals surface area contributed by atoms with Crippen molar-refractivity contribution in [2.24, 2.45) is 11.8 Å². The molecule has 2 saturated carbocycles. The number of fused-ring (bicyclic) bond motifs is 1. The number of hydrogen-bond donors (Lipinski definition) is 0. The molecule has 0 bridgehead atoms. The summed E-state index contributed by atoms with van der Waals surface area (Å²) in [6, 6.07) is 5.89. The van der Waals surface area contributed by atoms with Crippen LogP contribution in [0.15, 0.2) is 18.2 Å². The van der Waals surface area contributed by atoms with Gasteiger partial charge >= 0.3 is 6.09 Å². The summed E-state index contributed by atoms with van der Waals surface area (Å²) in [6.07, 6.45) is 4.45. The Morgan fingerprint density at radius 2 is 2.00 bits per heavy atom. The highest BCUT2D eigenvalue weighted by molar-refractivity contribution is 6.42. The Morgan fingerprint density at radius 1 is 1.25 bits per heavy atom. The molecule has 0 N–H and O–H groups in total. The topological polar surface area (TPSA) is 38.8 Å². The molecule has 1 amide bonds. The first kappa shape index (κ1) is 20.3. The predicted molar refractivity (Wildman–Crippen MR) is 111 cm³/mol. The maximum Gasteiger partial charge on any atom is 0.410 e. The summed E-state index contributed by atoms with van der Waals surface area (Å²) in [5.41, 5.74) is 0.497. The van der Waals surface area contributed by atoms with E-state index in [9.17, 15) is 4.79 Å². The Labute approximate surface area is 177 Å². The predicted octanol–water partition coefficient (Wildman–Crippen LogP) is 5.69. The molecule has 0 unspecified atom stereocenters. The number of nitrogens with zero attached hydrogens (tertiary/aromatic N) is 1. The molecule has 3 aliphatic rings. The van der Waals surface area contributed by atoms with Gasteiger partial charge in [0.05, 0.1) is 16.1 Å². The summed E-state index contributed by atoms with van der Waals surface area (Å²) in [6.45, 7) is 7.89. The highest BCUT2D eigenvalue weighted by Gasteiger charge is 2.55. The van der Waals surface area contributed by atoms with Crippen LogP contribution in [-0.4, -0.2) is 42.4 Å². The number of benzene rings is 1. The lowest BCUT2D eigenvalue weighted by Gasteiger charge is -2.31. The Hall–Kier alpha value is -0.970. The van der Waals surface area contributed by atoms with Crippen LogP contribution >= 0.6 is 23.2 Å². The zero-order valence-corrected chi connectivity index (χ0v) is 18.4. The molecule has 3 fully saturated rings. The van der Waals surface area contributed by atoms with Crippen LogP contribution < -0.4 is 0 Å². The monoisotopic (exact) mass is 425 g/mol. The van der Waals surface area contributed by atoms with E-state index in [1.54, 1.807) is 0 Å². The number of carbonyl (C=O) groups is 1. The summed E-state index contributed by atoms with van der Waals surface area (Å²) >= 11 is 12.5. The average molecular weight is 426 g/mol. The van der Waals surface area contributed by atoms with E-state index in [0.29, 0.717) is 29.1 Å². The van der Waals surface area contributed by atoms with Gasteiger partial charge in [0, 0.05) is 25.1 Å². The molecule has 1 aromatic rings. The number of ether oxygens (including phenoxy) is 2. The minimum atomic E-state index is -0.499. The first-order chi connectivity index (χ1) is 13.2. The van der Waals surface area contributed by atoms with Gasteiger partial charge in [0.2, 0.25) is 0 Å². The van der Waals surface area contributed by atoms with Gasteiger partial charge in [0.15, 0.2) is 0 Å². The Bertz CT molecular complexity index is 759. The van der Waals surface area contributed by atoms with Crippen molar-refractivity contribution < 1.29 is 14.3 Å². The van der Waals surface area contributed by atoms with Crippen LogP contribution in [0.1, 0.15) is 52.0 Å². The summed E-state index contributed by atoms with van der Waals surface area (Å²) < 4.78 is 11.9. The zero-order valence-electron chi connectivity index (χ0n) is 16.8. The molecule has 6 heteroatoms. The number of carbonyl (C=O) groups excluding carboxylic acids is 1. The second-order valence-corrected chi connectivity index (χ2v) is 10.5. The van der Waals surface area contributed by atoms with E-state index in [1.807, 2.05) is 37.8 Å². The smallest absolute Gasteiger partial charge is 0.410 e. The number of amides is 1. The van der Waals surface area contributed by atoms with Gasteiger partial charge in [-0.2, -0.15) is 0 Å². The standard InChI is InChI=1S/C22H29Cl2NO3/c1-21(2,3)28-20(26)25-11-16-8-17(27-12-14-4-5-14)10-22(16,13-25)15-6-7-18(23)19(24)9-15/h6-7,9,14,16-17H,4-5,8,10-13H2,1-3H3/t16-,17-,22+/m1/s1. The molecule has 1 heterocycles. The van der Waals surface area contributed by atoms with E-state index in [-0.39, 0.29) is 17.6 Å². The molecule has 1 saturated heterocycles. The molecular weight excluding hydrogens is 397 g/mol. The lowest BCUT2D eigenvalue weighted by Crippen LogP contribution is -2.39. The Balaban J connectivity index is 1.57. The van der Waals surface area contributed by atoms with Gasteiger partial charge in [0.25, 0.3) is 0 Å². The van der Waals surface area contributed by atoms with Crippen LogP contribution in [0.4, 0.5) is 4.79 Å². The molecule has 2 aliphatic carbocycles. The van der Waals surface area contributed by atoms with Crippen LogP contribution in [0.25, 0.3) is 0 Å². The fourth-order valence-electron chi connectivity index (χ4n) is 4.71. The van der Waals surface area contributed by atoms with Crippen molar-refractivity contribution in [3.63, 3.8) is 0 Å². The highest BCUT2D eigenvalue weighted by Crippen LogP contribution is 2.52. The molecule has 1 aliphatic heterocycles. The van der Waals surface area contributed by atoms with Gasteiger partial charge in [-0.05, 0) is 76.0 Å². The minimum Gasteiger partial charge on any atom is -0.444 e. The van der Waals surface area contributed by atoms with Gasteiger partial charge in [-0.15, -0.1) is 0 Å². The molecule has 0 aromatic heterocycles. The van der Waals surface area contributed by atoms with Crippen molar-refractivity contribution in [1.82, 2.24) is 4.90 Å². The quantitative estimate of drug-likeness (QED) is 0.621.